The average Bonchev–Trinajstić information content (AvgIpc) is 3.00. The zero-order valence-corrected chi connectivity index (χ0v) is 13.9. The number of aryl methyl sites for hydroxylation is 1. The second-order valence-corrected chi connectivity index (χ2v) is 6.13. The van der Waals surface area contributed by atoms with Crippen LogP contribution in [0.1, 0.15) is 23.9 Å². The summed E-state index contributed by atoms with van der Waals surface area (Å²) in [6.07, 6.45) is 0.744. The van der Waals surface area contributed by atoms with E-state index in [2.05, 4.69) is 5.16 Å². The van der Waals surface area contributed by atoms with Crippen LogP contribution in [0.25, 0.3) is 0 Å². The van der Waals surface area contributed by atoms with Gasteiger partial charge in [0, 0.05) is 12.6 Å². The Bertz CT molecular complexity index is 726. The fraction of sp³-hybridized carbons (Fsp3) is 0.389. The van der Waals surface area contributed by atoms with Crippen molar-refractivity contribution in [2.75, 3.05) is 13.1 Å². The molecule has 1 atom stereocenters. The van der Waals surface area contributed by atoms with E-state index in [4.69, 9.17) is 4.52 Å². The van der Waals surface area contributed by atoms with Gasteiger partial charge in [-0.25, -0.2) is 0 Å². The molecule has 0 unspecified atom stereocenters. The van der Waals surface area contributed by atoms with Crippen LogP contribution in [0.3, 0.4) is 0 Å². The largest absolute Gasteiger partial charge is 0.359 e. The molecule has 24 heavy (non-hydrogen) atoms. The molecule has 126 valence electrons. The Balaban J connectivity index is 1.63. The minimum atomic E-state index is -0.493. The normalized spacial score (nSPS) is 18.3. The molecule has 0 bridgehead atoms. The molecule has 0 N–H and O–H groups in total. The van der Waals surface area contributed by atoms with Crippen LogP contribution >= 0.6 is 0 Å². The minimum Gasteiger partial charge on any atom is -0.359 e. The molecule has 1 aromatic carbocycles. The van der Waals surface area contributed by atoms with Crippen molar-refractivity contribution in [2.24, 2.45) is 0 Å². The van der Waals surface area contributed by atoms with E-state index in [1.165, 1.54) is 0 Å². The number of aromatic nitrogens is 1. The molecular formula is C18H21N3O3. The van der Waals surface area contributed by atoms with E-state index in [9.17, 15) is 9.59 Å². The number of amides is 2. The highest BCUT2D eigenvalue weighted by Gasteiger charge is 2.36. The monoisotopic (exact) mass is 327 g/mol. The number of piperazine rings is 1. The molecule has 2 amide bonds. The van der Waals surface area contributed by atoms with Crippen molar-refractivity contribution in [1.29, 1.82) is 0 Å². The van der Waals surface area contributed by atoms with Gasteiger partial charge >= 0.3 is 0 Å². The van der Waals surface area contributed by atoms with Gasteiger partial charge in [0.05, 0.1) is 18.8 Å². The third-order valence-electron chi connectivity index (χ3n) is 4.30. The van der Waals surface area contributed by atoms with Crippen LogP contribution in [0.2, 0.25) is 0 Å². The third kappa shape index (κ3) is 3.48. The predicted octanol–water partition coefficient (Wildman–Crippen LogP) is 1.79. The maximum absolute atomic E-state index is 12.6. The molecule has 0 aliphatic carbocycles. The van der Waals surface area contributed by atoms with Gasteiger partial charge in [0.2, 0.25) is 11.8 Å². The molecule has 1 aliphatic rings. The highest BCUT2D eigenvalue weighted by Crippen LogP contribution is 2.17. The zero-order valence-electron chi connectivity index (χ0n) is 13.9. The predicted molar refractivity (Wildman–Crippen MR) is 88.0 cm³/mol. The third-order valence-corrected chi connectivity index (χ3v) is 4.30. The number of carbonyl (C=O) groups is 2. The lowest BCUT2D eigenvalue weighted by Crippen LogP contribution is -2.58. The molecule has 1 aromatic heterocycles. The molecule has 1 fully saturated rings. The van der Waals surface area contributed by atoms with E-state index < -0.39 is 6.04 Å². The van der Waals surface area contributed by atoms with Gasteiger partial charge in [-0.3, -0.25) is 9.59 Å². The van der Waals surface area contributed by atoms with Gasteiger partial charge in [-0.15, -0.1) is 0 Å². The Labute approximate surface area is 141 Å². The summed E-state index contributed by atoms with van der Waals surface area (Å²) in [7, 11) is 0. The van der Waals surface area contributed by atoms with E-state index in [1.807, 2.05) is 37.3 Å². The van der Waals surface area contributed by atoms with Crippen molar-refractivity contribution >= 4 is 11.8 Å². The lowest BCUT2D eigenvalue weighted by atomic mass is 10.1. The van der Waals surface area contributed by atoms with Crippen molar-refractivity contribution < 1.29 is 14.1 Å². The van der Waals surface area contributed by atoms with Crippen LogP contribution in [0.4, 0.5) is 0 Å². The molecule has 6 nitrogen and oxygen atoms in total. The summed E-state index contributed by atoms with van der Waals surface area (Å²) in [5.74, 6) is 0.504. The molecule has 3 rings (SSSR count). The SMILES string of the molecule is Cc1cc(CN2C(=O)CN(CCc3ccccc3)C(=O)[C@@H]2C)on1. The van der Waals surface area contributed by atoms with E-state index in [-0.39, 0.29) is 24.9 Å². The molecule has 0 saturated carbocycles. The number of rotatable bonds is 5. The van der Waals surface area contributed by atoms with Gasteiger partial charge in [0.15, 0.2) is 5.76 Å². The van der Waals surface area contributed by atoms with Crippen molar-refractivity contribution in [3.8, 4) is 0 Å². The Morgan fingerprint density at radius 3 is 2.67 bits per heavy atom. The first kappa shape index (κ1) is 16.2. The van der Waals surface area contributed by atoms with Crippen molar-refractivity contribution in [2.45, 2.75) is 32.9 Å². The summed E-state index contributed by atoms with van der Waals surface area (Å²) in [6.45, 7) is 4.53. The van der Waals surface area contributed by atoms with Crippen LogP contribution in [0.15, 0.2) is 40.9 Å². The maximum atomic E-state index is 12.6. The van der Waals surface area contributed by atoms with Gasteiger partial charge in [-0.2, -0.15) is 0 Å². The molecule has 2 aromatic rings. The Morgan fingerprint density at radius 1 is 1.25 bits per heavy atom. The highest BCUT2D eigenvalue weighted by molar-refractivity contribution is 5.94. The van der Waals surface area contributed by atoms with Crippen molar-refractivity contribution in [3.63, 3.8) is 0 Å². The van der Waals surface area contributed by atoms with Gasteiger partial charge in [0.25, 0.3) is 0 Å². The molecule has 1 aliphatic heterocycles. The molecule has 1 saturated heterocycles. The standard InChI is InChI=1S/C18H21N3O3/c1-13-10-16(24-19-13)11-21-14(2)18(23)20(12-17(21)22)9-8-15-6-4-3-5-7-15/h3-7,10,14H,8-9,11-12H2,1-2H3/t14-/m0/s1. The molecular weight excluding hydrogens is 306 g/mol. The second-order valence-electron chi connectivity index (χ2n) is 6.13. The summed E-state index contributed by atoms with van der Waals surface area (Å²) in [4.78, 5) is 28.2. The van der Waals surface area contributed by atoms with Crippen molar-refractivity contribution in [1.82, 2.24) is 15.0 Å². The van der Waals surface area contributed by atoms with Crippen molar-refractivity contribution in [3.05, 3.63) is 53.4 Å². The fourth-order valence-electron chi connectivity index (χ4n) is 2.93. The van der Waals surface area contributed by atoms with Crippen LogP contribution in [-0.2, 0) is 22.6 Å². The first-order valence-corrected chi connectivity index (χ1v) is 8.09. The van der Waals surface area contributed by atoms with Gasteiger partial charge in [0.1, 0.15) is 6.04 Å². The zero-order chi connectivity index (χ0) is 17.1. The lowest BCUT2D eigenvalue weighted by Gasteiger charge is -2.38. The average molecular weight is 327 g/mol. The van der Waals surface area contributed by atoms with Crippen LogP contribution in [0.5, 0.6) is 0 Å². The number of nitrogens with zero attached hydrogens (tertiary/aromatic N) is 3. The highest BCUT2D eigenvalue weighted by atomic mass is 16.5. The topological polar surface area (TPSA) is 66.7 Å². The lowest BCUT2D eigenvalue weighted by molar-refractivity contribution is -0.155. The number of carbonyl (C=O) groups excluding carboxylic acids is 2. The summed E-state index contributed by atoms with van der Waals surface area (Å²) in [5.41, 5.74) is 1.92. The maximum Gasteiger partial charge on any atom is 0.245 e. The number of hydrogen-bond acceptors (Lipinski definition) is 4. The second kappa shape index (κ2) is 6.86. The van der Waals surface area contributed by atoms with Crippen LogP contribution in [0, 0.1) is 6.92 Å². The van der Waals surface area contributed by atoms with E-state index in [0.717, 1.165) is 17.7 Å². The van der Waals surface area contributed by atoms with Crippen LogP contribution in [-0.4, -0.2) is 45.9 Å². The quantitative estimate of drug-likeness (QED) is 0.840. The number of hydrogen-bond donors (Lipinski definition) is 0. The molecule has 0 spiro atoms. The van der Waals surface area contributed by atoms with E-state index in [1.54, 1.807) is 22.8 Å². The first-order valence-electron chi connectivity index (χ1n) is 8.09. The fourth-order valence-corrected chi connectivity index (χ4v) is 2.93. The molecule has 0 radical (unpaired) electrons. The van der Waals surface area contributed by atoms with Gasteiger partial charge < -0.3 is 14.3 Å². The molecule has 6 heteroatoms. The Hall–Kier alpha value is -2.63. The number of benzene rings is 1. The summed E-state index contributed by atoms with van der Waals surface area (Å²) < 4.78 is 5.16. The summed E-state index contributed by atoms with van der Waals surface area (Å²) in [5, 5.41) is 3.82. The summed E-state index contributed by atoms with van der Waals surface area (Å²) in [6, 6.07) is 11.3. The van der Waals surface area contributed by atoms with Gasteiger partial charge in [-0.1, -0.05) is 35.5 Å². The minimum absolute atomic E-state index is 0.0261. The van der Waals surface area contributed by atoms with Gasteiger partial charge in [-0.05, 0) is 25.8 Å². The Morgan fingerprint density at radius 2 is 2.00 bits per heavy atom. The van der Waals surface area contributed by atoms with Crippen LogP contribution < -0.4 is 0 Å². The summed E-state index contributed by atoms with van der Waals surface area (Å²) >= 11 is 0. The smallest absolute Gasteiger partial charge is 0.245 e. The van der Waals surface area contributed by atoms with E-state index >= 15 is 0 Å². The first-order chi connectivity index (χ1) is 11.5. The van der Waals surface area contributed by atoms with E-state index in [0.29, 0.717) is 12.3 Å². The molecule has 2 heterocycles. The Kier molecular flexibility index (Phi) is 4.64.